The van der Waals surface area contributed by atoms with E-state index >= 15 is 0 Å². The first-order valence-electron chi connectivity index (χ1n) is 10.7. The molecule has 4 rings (SSSR count). The average Bonchev–Trinajstić information content (AvgIpc) is 3.50. The molecule has 2 amide bonds. The van der Waals surface area contributed by atoms with Crippen LogP contribution in [0.1, 0.15) is 31.4 Å². The highest BCUT2D eigenvalue weighted by Crippen LogP contribution is 2.33. The van der Waals surface area contributed by atoms with Crippen molar-refractivity contribution in [3.8, 4) is 22.9 Å². The zero-order chi connectivity index (χ0) is 24.2. The van der Waals surface area contributed by atoms with Gasteiger partial charge in [-0.05, 0) is 26.0 Å². The molecule has 176 valence electrons. The normalized spacial score (nSPS) is 13.6. The van der Waals surface area contributed by atoms with Gasteiger partial charge in [0.1, 0.15) is 34.7 Å². The van der Waals surface area contributed by atoms with Crippen molar-refractivity contribution in [2.75, 3.05) is 30.5 Å². The summed E-state index contributed by atoms with van der Waals surface area (Å²) in [5.74, 6) is 0.995. The second-order valence-corrected chi connectivity index (χ2v) is 7.91. The fourth-order valence-electron chi connectivity index (χ4n) is 3.39. The highest BCUT2D eigenvalue weighted by atomic mass is 16.7. The van der Waals surface area contributed by atoms with Crippen LogP contribution >= 0.6 is 0 Å². The van der Waals surface area contributed by atoms with E-state index in [0.29, 0.717) is 30.5 Å². The molecule has 1 fully saturated rings. The summed E-state index contributed by atoms with van der Waals surface area (Å²) in [4.78, 5) is 23.1. The monoisotopic (exact) mass is 463 g/mol. The average molecular weight is 463 g/mol. The van der Waals surface area contributed by atoms with Gasteiger partial charge in [-0.2, -0.15) is 10.4 Å². The smallest absolute Gasteiger partial charge is 0.328 e. The Kier molecular flexibility index (Phi) is 6.72. The van der Waals surface area contributed by atoms with E-state index in [0.717, 1.165) is 11.1 Å². The second-order valence-electron chi connectivity index (χ2n) is 7.91. The maximum Gasteiger partial charge on any atom is 0.328 e. The molecule has 0 spiro atoms. The molecule has 0 aromatic carbocycles. The van der Waals surface area contributed by atoms with E-state index in [1.807, 2.05) is 39.2 Å². The summed E-state index contributed by atoms with van der Waals surface area (Å²) >= 11 is 0. The molecule has 3 aromatic rings. The Balaban J connectivity index is 1.59. The molecule has 34 heavy (non-hydrogen) atoms. The number of nitriles is 1. The number of hydrogen-bond donors (Lipinski definition) is 1. The van der Waals surface area contributed by atoms with Crippen molar-refractivity contribution in [1.29, 1.82) is 5.26 Å². The lowest BCUT2D eigenvalue weighted by Gasteiger charge is -2.20. The summed E-state index contributed by atoms with van der Waals surface area (Å²) in [6.07, 6.45) is 4.20. The molecule has 4 heterocycles. The first kappa shape index (κ1) is 23.2. The molecule has 11 heteroatoms. The zero-order valence-electron chi connectivity index (χ0n) is 19.3. The lowest BCUT2D eigenvalue weighted by atomic mass is 10.1. The van der Waals surface area contributed by atoms with Crippen LogP contribution < -0.4 is 15.0 Å². The summed E-state index contributed by atoms with van der Waals surface area (Å²) in [7, 11) is 3.43. The summed E-state index contributed by atoms with van der Waals surface area (Å²) in [5.41, 5.74) is 2.52. The SMILES string of the molecule is CC(C)Oc1cc(NC(=O)N(C)c2ccc(-c3cnn(C)c3)c(C3OCCO3)n2)ncc1C#N. The Morgan fingerprint density at radius 1 is 1.32 bits per heavy atom. The van der Waals surface area contributed by atoms with Crippen molar-refractivity contribution < 1.29 is 19.0 Å². The van der Waals surface area contributed by atoms with Crippen molar-refractivity contribution in [3.63, 3.8) is 0 Å². The molecule has 3 aromatic heterocycles. The summed E-state index contributed by atoms with van der Waals surface area (Å²) in [5, 5.41) is 16.2. The van der Waals surface area contributed by atoms with Gasteiger partial charge in [-0.3, -0.25) is 14.9 Å². The standard InChI is InChI=1S/C23H25N7O4/c1-14(2)34-18-9-19(25-11-15(18)10-24)27-23(31)30(4)20-6-5-17(16-12-26-29(3)13-16)21(28-20)22-32-7-8-33-22/h5-6,9,11-14,22H,7-8H2,1-4H3,(H,25,27,31). The first-order chi connectivity index (χ1) is 16.4. The fraction of sp³-hybridized carbons (Fsp3) is 0.348. The minimum atomic E-state index is -0.637. The first-order valence-corrected chi connectivity index (χ1v) is 10.7. The van der Waals surface area contributed by atoms with Crippen LogP contribution in [0.5, 0.6) is 5.75 Å². The number of aryl methyl sites for hydroxylation is 1. The van der Waals surface area contributed by atoms with Gasteiger partial charge < -0.3 is 14.2 Å². The topological polar surface area (TPSA) is 127 Å². The number of nitrogens with one attached hydrogen (secondary N) is 1. The fourth-order valence-corrected chi connectivity index (χ4v) is 3.39. The van der Waals surface area contributed by atoms with E-state index in [2.05, 4.69) is 20.4 Å². The third-order valence-electron chi connectivity index (χ3n) is 5.00. The zero-order valence-corrected chi connectivity index (χ0v) is 19.3. The van der Waals surface area contributed by atoms with Gasteiger partial charge in [0.15, 0.2) is 0 Å². The number of pyridine rings is 2. The number of nitrogens with zero attached hydrogens (tertiary/aromatic N) is 6. The van der Waals surface area contributed by atoms with Gasteiger partial charge >= 0.3 is 6.03 Å². The molecule has 0 unspecified atom stereocenters. The van der Waals surface area contributed by atoms with Gasteiger partial charge in [-0.25, -0.2) is 14.8 Å². The van der Waals surface area contributed by atoms with Crippen LogP contribution in [0.3, 0.4) is 0 Å². The van der Waals surface area contributed by atoms with E-state index in [1.165, 1.54) is 17.2 Å². The molecule has 0 aliphatic carbocycles. The summed E-state index contributed by atoms with van der Waals surface area (Å²) in [6.45, 7) is 4.63. The van der Waals surface area contributed by atoms with Crippen LogP contribution in [-0.2, 0) is 16.5 Å². The lowest BCUT2D eigenvalue weighted by Crippen LogP contribution is -2.32. The third kappa shape index (κ3) is 4.98. The van der Waals surface area contributed by atoms with Crippen LogP contribution in [0, 0.1) is 11.3 Å². The Bertz CT molecular complexity index is 1230. The quantitative estimate of drug-likeness (QED) is 0.590. The third-order valence-corrected chi connectivity index (χ3v) is 5.00. The van der Waals surface area contributed by atoms with Crippen molar-refractivity contribution in [2.24, 2.45) is 7.05 Å². The van der Waals surface area contributed by atoms with E-state index in [-0.39, 0.29) is 17.5 Å². The highest BCUT2D eigenvalue weighted by molar-refractivity contribution is 6.00. The number of amides is 2. The van der Waals surface area contributed by atoms with Gasteiger partial charge in [0.2, 0.25) is 6.29 Å². The number of ether oxygens (including phenoxy) is 3. The molecule has 0 atom stereocenters. The van der Waals surface area contributed by atoms with Crippen LogP contribution in [0.25, 0.3) is 11.1 Å². The van der Waals surface area contributed by atoms with Crippen molar-refractivity contribution in [2.45, 2.75) is 26.2 Å². The van der Waals surface area contributed by atoms with Crippen LogP contribution in [-0.4, -0.2) is 52.1 Å². The molecular weight excluding hydrogens is 438 g/mol. The van der Waals surface area contributed by atoms with Gasteiger partial charge in [-0.15, -0.1) is 0 Å². The molecule has 1 aliphatic rings. The highest BCUT2D eigenvalue weighted by Gasteiger charge is 2.26. The molecule has 11 nitrogen and oxygen atoms in total. The number of carbonyl (C=O) groups is 1. The van der Waals surface area contributed by atoms with Crippen LogP contribution in [0.15, 0.2) is 36.8 Å². The number of aromatic nitrogens is 4. The Labute approximate surface area is 196 Å². The minimum absolute atomic E-state index is 0.137. The maximum absolute atomic E-state index is 12.9. The number of hydrogen-bond acceptors (Lipinski definition) is 8. The van der Waals surface area contributed by atoms with Gasteiger partial charge in [0.25, 0.3) is 0 Å². The Hall–Kier alpha value is -4.01. The summed E-state index contributed by atoms with van der Waals surface area (Å²) in [6, 6.07) is 6.69. The number of carbonyl (C=O) groups excluding carboxylic acids is 1. The molecule has 1 aliphatic heterocycles. The number of rotatable bonds is 6. The van der Waals surface area contributed by atoms with E-state index in [1.54, 1.807) is 24.0 Å². The molecule has 1 N–H and O–H groups in total. The molecule has 0 saturated carbocycles. The minimum Gasteiger partial charge on any atom is -0.489 e. The van der Waals surface area contributed by atoms with Gasteiger partial charge in [0, 0.05) is 37.5 Å². The Morgan fingerprint density at radius 2 is 2.09 bits per heavy atom. The predicted molar refractivity (Wildman–Crippen MR) is 123 cm³/mol. The van der Waals surface area contributed by atoms with E-state index in [4.69, 9.17) is 14.2 Å². The van der Waals surface area contributed by atoms with Gasteiger partial charge in [0.05, 0.1) is 31.7 Å². The molecule has 1 saturated heterocycles. The summed E-state index contributed by atoms with van der Waals surface area (Å²) < 4.78 is 18.7. The van der Waals surface area contributed by atoms with Gasteiger partial charge in [-0.1, -0.05) is 0 Å². The molecular formula is C23H25N7O4. The second kappa shape index (κ2) is 9.86. The van der Waals surface area contributed by atoms with Crippen molar-refractivity contribution in [3.05, 3.63) is 48.0 Å². The van der Waals surface area contributed by atoms with E-state index in [9.17, 15) is 10.1 Å². The molecule has 0 bridgehead atoms. The van der Waals surface area contributed by atoms with Crippen LogP contribution in [0.2, 0.25) is 0 Å². The largest absolute Gasteiger partial charge is 0.489 e. The van der Waals surface area contributed by atoms with E-state index < -0.39 is 12.3 Å². The number of anilines is 2. The van der Waals surface area contributed by atoms with Crippen molar-refractivity contribution in [1.82, 2.24) is 19.7 Å². The van der Waals surface area contributed by atoms with Crippen LogP contribution in [0.4, 0.5) is 16.4 Å². The predicted octanol–water partition coefficient (Wildman–Crippen LogP) is 3.25. The Morgan fingerprint density at radius 3 is 2.74 bits per heavy atom. The van der Waals surface area contributed by atoms with Crippen molar-refractivity contribution >= 4 is 17.7 Å². The lowest BCUT2D eigenvalue weighted by molar-refractivity contribution is -0.0467. The molecule has 0 radical (unpaired) electrons. The maximum atomic E-state index is 12.9. The number of urea groups is 1.